The fraction of sp³-hybridized carbons (Fsp3) is 0.893. The number of methoxy groups -OCH3 is 1. The molecule has 1 atom stereocenters. The molecular formula is C28H55NO2. The van der Waals surface area contributed by atoms with Gasteiger partial charge < -0.3 is 9.64 Å². The predicted octanol–water partition coefficient (Wildman–Crippen LogP) is 8.47. The summed E-state index contributed by atoms with van der Waals surface area (Å²) >= 11 is 0. The number of hydrogen-bond acceptors (Lipinski definition) is 3. The van der Waals surface area contributed by atoms with Gasteiger partial charge in [-0.25, -0.2) is 0 Å². The van der Waals surface area contributed by atoms with E-state index >= 15 is 0 Å². The zero-order chi connectivity index (χ0) is 23.0. The third-order valence-corrected chi connectivity index (χ3v) is 6.43. The molecular weight excluding hydrogens is 382 g/mol. The summed E-state index contributed by atoms with van der Waals surface area (Å²) in [7, 11) is 5.98. The molecule has 3 heteroatoms. The number of allylic oxidation sites excluding steroid dienone is 2. The third-order valence-electron chi connectivity index (χ3n) is 6.43. The Balaban J connectivity index is 3.38. The van der Waals surface area contributed by atoms with Gasteiger partial charge in [-0.2, -0.15) is 0 Å². The third kappa shape index (κ3) is 22.2. The Bertz CT molecular complexity index is 406. The molecule has 0 aromatic rings. The van der Waals surface area contributed by atoms with Crippen molar-refractivity contribution in [3.05, 3.63) is 12.2 Å². The first-order valence-electron chi connectivity index (χ1n) is 13.5. The quantitative estimate of drug-likeness (QED) is 0.0911. The molecule has 0 rings (SSSR count). The Hall–Kier alpha value is -0.830. The molecule has 31 heavy (non-hydrogen) atoms. The van der Waals surface area contributed by atoms with Gasteiger partial charge in [0.2, 0.25) is 0 Å². The molecule has 0 heterocycles. The summed E-state index contributed by atoms with van der Waals surface area (Å²) in [4.78, 5) is 13.5. The van der Waals surface area contributed by atoms with Crippen LogP contribution in [-0.2, 0) is 9.53 Å². The summed E-state index contributed by atoms with van der Waals surface area (Å²) in [5.41, 5.74) is 0. The fourth-order valence-electron chi connectivity index (χ4n) is 4.22. The van der Waals surface area contributed by atoms with Crippen molar-refractivity contribution in [1.82, 2.24) is 4.90 Å². The van der Waals surface area contributed by atoms with Gasteiger partial charge in [0.1, 0.15) is 0 Å². The predicted molar refractivity (Wildman–Crippen MR) is 137 cm³/mol. The van der Waals surface area contributed by atoms with Crippen molar-refractivity contribution in [2.45, 2.75) is 141 Å². The number of hydrogen-bond donors (Lipinski definition) is 0. The van der Waals surface area contributed by atoms with Gasteiger partial charge >= 0.3 is 5.97 Å². The number of carbonyl (C=O) groups excluding carboxylic acids is 1. The molecule has 0 saturated carbocycles. The summed E-state index contributed by atoms with van der Waals surface area (Å²) < 4.78 is 4.66. The molecule has 0 aliphatic rings. The molecule has 0 aromatic carbocycles. The minimum absolute atomic E-state index is 0.0749. The SMILES string of the molecule is CCCCCCC(CCCCCCCC/C=C\CCCCCCCC(=O)OC)N(C)C. The second-order valence-electron chi connectivity index (χ2n) is 9.52. The first-order valence-corrected chi connectivity index (χ1v) is 13.5. The lowest BCUT2D eigenvalue weighted by Crippen LogP contribution is -2.27. The van der Waals surface area contributed by atoms with Gasteiger partial charge in [-0.15, -0.1) is 0 Å². The number of ether oxygens (including phenoxy) is 1. The van der Waals surface area contributed by atoms with Gasteiger partial charge in [0.25, 0.3) is 0 Å². The lowest BCUT2D eigenvalue weighted by molar-refractivity contribution is -0.140. The monoisotopic (exact) mass is 437 g/mol. The maximum atomic E-state index is 11.0. The highest BCUT2D eigenvalue weighted by Crippen LogP contribution is 2.17. The highest BCUT2D eigenvalue weighted by atomic mass is 16.5. The molecule has 0 radical (unpaired) electrons. The first-order chi connectivity index (χ1) is 15.1. The van der Waals surface area contributed by atoms with Crippen LogP contribution in [0.1, 0.15) is 135 Å². The van der Waals surface area contributed by atoms with Crippen LogP contribution in [0.5, 0.6) is 0 Å². The van der Waals surface area contributed by atoms with Crippen molar-refractivity contribution < 1.29 is 9.53 Å². The minimum atomic E-state index is -0.0749. The van der Waals surface area contributed by atoms with Gasteiger partial charge in [0, 0.05) is 12.5 Å². The molecule has 0 aromatic heterocycles. The van der Waals surface area contributed by atoms with Crippen molar-refractivity contribution in [2.24, 2.45) is 0 Å². The van der Waals surface area contributed by atoms with Gasteiger partial charge in [-0.3, -0.25) is 4.79 Å². The summed E-state index contributed by atoms with van der Waals surface area (Å²) in [6.45, 7) is 2.29. The summed E-state index contributed by atoms with van der Waals surface area (Å²) in [6, 6.07) is 0.793. The molecule has 184 valence electrons. The van der Waals surface area contributed by atoms with Crippen LogP contribution in [0.2, 0.25) is 0 Å². The Kier molecular flexibility index (Phi) is 23.2. The number of carbonyl (C=O) groups is 1. The van der Waals surface area contributed by atoms with Crippen molar-refractivity contribution in [3.63, 3.8) is 0 Å². The molecule has 0 amide bonds. The largest absolute Gasteiger partial charge is 0.469 e. The number of nitrogens with zero attached hydrogens (tertiary/aromatic N) is 1. The zero-order valence-corrected chi connectivity index (χ0v) is 21.6. The van der Waals surface area contributed by atoms with E-state index in [0.717, 1.165) is 18.9 Å². The van der Waals surface area contributed by atoms with Crippen LogP contribution >= 0.6 is 0 Å². The van der Waals surface area contributed by atoms with E-state index in [2.05, 4.69) is 42.8 Å². The van der Waals surface area contributed by atoms with E-state index in [4.69, 9.17) is 0 Å². The van der Waals surface area contributed by atoms with Crippen LogP contribution < -0.4 is 0 Å². The molecule has 0 saturated heterocycles. The highest BCUT2D eigenvalue weighted by molar-refractivity contribution is 5.68. The van der Waals surface area contributed by atoms with Crippen molar-refractivity contribution >= 4 is 5.97 Å². The lowest BCUT2D eigenvalue weighted by atomic mass is 9.99. The van der Waals surface area contributed by atoms with E-state index in [1.807, 2.05) is 0 Å². The summed E-state index contributed by atoms with van der Waals surface area (Å²) in [5.74, 6) is -0.0749. The average Bonchev–Trinajstić information content (AvgIpc) is 2.76. The molecule has 3 nitrogen and oxygen atoms in total. The molecule has 0 aliphatic heterocycles. The van der Waals surface area contributed by atoms with Crippen molar-refractivity contribution in [2.75, 3.05) is 21.2 Å². The number of unbranched alkanes of at least 4 members (excludes halogenated alkanes) is 14. The maximum absolute atomic E-state index is 11.0. The van der Waals surface area contributed by atoms with Crippen LogP contribution in [-0.4, -0.2) is 38.1 Å². The van der Waals surface area contributed by atoms with Crippen LogP contribution in [0.25, 0.3) is 0 Å². The average molecular weight is 438 g/mol. The van der Waals surface area contributed by atoms with Gasteiger partial charge in [0.05, 0.1) is 7.11 Å². The molecule has 0 spiro atoms. The number of rotatable bonds is 23. The maximum Gasteiger partial charge on any atom is 0.305 e. The molecule has 0 aliphatic carbocycles. The Morgan fingerprint density at radius 1 is 0.710 bits per heavy atom. The number of esters is 1. The fourth-order valence-corrected chi connectivity index (χ4v) is 4.22. The van der Waals surface area contributed by atoms with Crippen molar-refractivity contribution in [3.8, 4) is 0 Å². The van der Waals surface area contributed by atoms with Crippen LogP contribution in [0, 0.1) is 0 Å². The van der Waals surface area contributed by atoms with Crippen LogP contribution in [0.3, 0.4) is 0 Å². The van der Waals surface area contributed by atoms with Gasteiger partial charge in [-0.05, 0) is 59.0 Å². The van der Waals surface area contributed by atoms with E-state index in [-0.39, 0.29) is 5.97 Å². The molecule has 1 unspecified atom stereocenters. The van der Waals surface area contributed by atoms with E-state index in [0.29, 0.717) is 6.42 Å². The van der Waals surface area contributed by atoms with E-state index in [9.17, 15) is 4.79 Å². The second-order valence-corrected chi connectivity index (χ2v) is 9.52. The molecule has 0 bridgehead atoms. The highest BCUT2D eigenvalue weighted by Gasteiger charge is 2.10. The topological polar surface area (TPSA) is 29.5 Å². The van der Waals surface area contributed by atoms with E-state index < -0.39 is 0 Å². The van der Waals surface area contributed by atoms with Crippen LogP contribution in [0.4, 0.5) is 0 Å². The van der Waals surface area contributed by atoms with Gasteiger partial charge in [-0.1, -0.05) is 96.1 Å². The van der Waals surface area contributed by atoms with E-state index in [1.54, 1.807) is 0 Å². The standard InChI is InChI=1S/C28H55NO2/c1-5-6-7-21-24-27(29(2)3)25-22-19-17-15-13-11-9-8-10-12-14-16-18-20-23-26-28(30)31-4/h8,10,27H,5-7,9,11-26H2,1-4H3/b10-8-. The van der Waals surface area contributed by atoms with Crippen molar-refractivity contribution in [1.29, 1.82) is 0 Å². The molecule has 0 fully saturated rings. The normalized spacial score (nSPS) is 12.7. The lowest BCUT2D eigenvalue weighted by Gasteiger charge is -2.24. The zero-order valence-electron chi connectivity index (χ0n) is 21.6. The summed E-state index contributed by atoms with van der Waals surface area (Å²) in [6.07, 6.45) is 30.4. The smallest absolute Gasteiger partial charge is 0.305 e. The Labute approximate surface area is 195 Å². The Morgan fingerprint density at radius 2 is 1.16 bits per heavy atom. The minimum Gasteiger partial charge on any atom is -0.469 e. The second kappa shape index (κ2) is 23.8. The first kappa shape index (κ1) is 30.2. The Morgan fingerprint density at radius 3 is 1.65 bits per heavy atom. The molecule has 0 N–H and O–H groups in total. The van der Waals surface area contributed by atoms with E-state index in [1.165, 1.54) is 116 Å². The summed E-state index contributed by atoms with van der Waals surface area (Å²) in [5, 5.41) is 0. The van der Waals surface area contributed by atoms with Crippen LogP contribution in [0.15, 0.2) is 12.2 Å². The van der Waals surface area contributed by atoms with Gasteiger partial charge in [0.15, 0.2) is 0 Å².